The fourth-order valence-electron chi connectivity index (χ4n) is 3.48. The van der Waals surface area contributed by atoms with Crippen LogP contribution in [-0.2, 0) is 20.9 Å². The number of nitrogens with zero attached hydrogens (tertiary/aromatic N) is 3. The Morgan fingerprint density at radius 2 is 1.65 bits per heavy atom. The van der Waals surface area contributed by atoms with Gasteiger partial charge in [0.15, 0.2) is 17.6 Å². The molecular formula is C28H26FN5O5S. The summed E-state index contributed by atoms with van der Waals surface area (Å²) in [6.07, 6.45) is 0. The number of ether oxygens (including phenoxy) is 2. The van der Waals surface area contributed by atoms with Crippen LogP contribution in [0.2, 0.25) is 0 Å². The third-order valence-electron chi connectivity index (χ3n) is 5.35. The molecule has 0 spiro atoms. The van der Waals surface area contributed by atoms with Gasteiger partial charge in [-0.05, 0) is 67.6 Å². The number of esters is 1. The Balaban J connectivity index is 1.39. The molecule has 0 aliphatic carbocycles. The Bertz CT molecular complexity index is 1450. The summed E-state index contributed by atoms with van der Waals surface area (Å²) < 4.78 is 25.6. The molecule has 4 rings (SSSR count). The van der Waals surface area contributed by atoms with E-state index in [1.54, 1.807) is 72.2 Å². The average Bonchev–Trinajstić information content (AvgIpc) is 3.38. The van der Waals surface area contributed by atoms with E-state index < -0.39 is 11.8 Å². The van der Waals surface area contributed by atoms with Gasteiger partial charge < -0.3 is 20.1 Å². The smallest absolute Gasteiger partial charge is 0.338 e. The molecule has 40 heavy (non-hydrogen) atoms. The van der Waals surface area contributed by atoms with Gasteiger partial charge in [-0.1, -0.05) is 30.0 Å². The van der Waals surface area contributed by atoms with Crippen LogP contribution in [0.1, 0.15) is 23.1 Å². The number of rotatable bonds is 12. The molecule has 0 aliphatic heterocycles. The van der Waals surface area contributed by atoms with Gasteiger partial charge in [-0.3, -0.25) is 14.2 Å². The second kappa shape index (κ2) is 13.9. The van der Waals surface area contributed by atoms with E-state index in [9.17, 15) is 18.8 Å². The lowest BCUT2D eigenvalue weighted by atomic mass is 10.2. The minimum atomic E-state index is -0.438. The molecule has 2 N–H and O–H groups in total. The number of carbonyl (C=O) groups excluding carboxylic acids is 3. The second-order valence-corrected chi connectivity index (χ2v) is 9.17. The maximum Gasteiger partial charge on any atom is 0.338 e. The highest BCUT2D eigenvalue weighted by atomic mass is 32.2. The molecule has 10 nitrogen and oxygen atoms in total. The molecule has 0 saturated heterocycles. The molecule has 0 unspecified atom stereocenters. The average molecular weight is 564 g/mol. The van der Waals surface area contributed by atoms with Gasteiger partial charge in [-0.15, -0.1) is 10.2 Å². The van der Waals surface area contributed by atoms with E-state index in [0.29, 0.717) is 33.7 Å². The zero-order valence-electron chi connectivity index (χ0n) is 21.5. The number of thioether (sulfide) groups is 1. The molecule has 0 atom stereocenters. The third-order valence-corrected chi connectivity index (χ3v) is 6.28. The number of hydrogen-bond donors (Lipinski definition) is 2. The van der Waals surface area contributed by atoms with Crippen molar-refractivity contribution in [3.05, 3.63) is 96.1 Å². The minimum Gasteiger partial charge on any atom is -0.484 e. The zero-order valence-corrected chi connectivity index (χ0v) is 22.3. The van der Waals surface area contributed by atoms with Crippen molar-refractivity contribution in [3.63, 3.8) is 0 Å². The highest BCUT2D eigenvalue weighted by Gasteiger charge is 2.17. The summed E-state index contributed by atoms with van der Waals surface area (Å²) in [5, 5.41) is 14.2. The van der Waals surface area contributed by atoms with E-state index in [1.165, 1.54) is 12.1 Å². The topological polar surface area (TPSA) is 124 Å². The van der Waals surface area contributed by atoms with E-state index in [4.69, 9.17) is 9.47 Å². The largest absolute Gasteiger partial charge is 0.484 e. The van der Waals surface area contributed by atoms with Crippen LogP contribution in [0.25, 0.3) is 5.69 Å². The standard InChI is InChI=1S/C28H26FN5O5S/c1-2-38-27(37)19-8-12-21(13-9-19)31-26(36)18-40-28-33-32-24(34(28)22-14-10-20(29)11-15-22)16-30-25(35)17-39-23-6-4-3-5-7-23/h3-15H,2,16-18H2,1H3,(H,30,35)(H,31,36). The molecule has 0 bridgehead atoms. The predicted molar refractivity (Wildman–Crippen MR) is 147 cm³/mol. The molecule has 3 aromatic carbocycles. The van der Waals surface area contributed by atoms with E-state index in [0.717, 1.165) is 11.8 Å². The normalized spacial score (nSPS) is 10.6. The first-order valence-corrected chi connectivity index (χ1v) is 13.3. The summed E-state index contributed by atoms with van der Waals surface area (Å²) in [6, 6.07) is 21.0. The number of nitrogens with one attached hydrogen (secondary N) is 2. The monoisotopic (exact) mass is 563 g/mol. The van der Waals surface area contributed by atoms with Crippen LogP contribution < -0.4 is 15.4 Å². The molecule has 0 aliphatic rings. The molecular weight excluding hydrogens is 537 g/mol. The molecule has 1 aromatic heterocycles. The molecule has 2 amide bonds. The number of hydrogen-bond acceptors (Lipinski definition) is 8. The lowest BCUT2D eigenvalue weighted by molar-refractivity contribution is -0.123. The summed E-state index contributed by atoms with van der Waals surface area (Å²) >= 11 is 1.12. The van der Waals surface area contributed by atoms with Gasteiger partial charge in [0.1, 0.15) is 11.6 Å². The summed E-state index contributed by atoms with van der Waals surface area (Å²) in [4.78, 5) is 36.8. The van der Waals surface area contributed by atoms with Crippen molar-refractivity contribution in [2.75, 3.05) is 24.3 Å². The molecule has 4 aromatic rings. The number of para-hydroxylation sites is 1. The van der Waals surface area contributed by atoms with Crippen LogP contribution in [0, 0.1) is 5.82 Å². The van der Waals surface area contributed by atoms with Crippen LogP contribution >= 0.6 is 11.8 Å². The third kappa shape index (κ3) is 7.90. The minimum absolute atomic E-state index is 0.00374. The molecule has 0 saturated carbocycles. The first kappa shape index (κ1) is 28.3. The van der Waals surface area contributed by atoms with Gasteiger partial charge in [-0.25, -0.2) is 9.18 Å². The van der Waals surface area contributed by atoms with Crippen molar-refractivity contribution in [2.24, 2.45) is 0 Å². The SMILES string of the molecule is CCOC(=O)c1ccc(NC(=O)CSc2nnc(CNC(=O)COc3ccccc3)n2-c2ccc(F)cc2)cc1. The Morgan fingerprint density at radius 3 is 2.35 bits per heavy atom. The number of amides is 2. The maximum atomic E-state index is 13.6. The Morgan fingerprint density at radius 1 is 0.925 bits per heavy atom. The van der Waals surface area contributed by atoms with Crippen LogP contribution in [0.15, 0.2) is 84.0 Å². The van der Waals surface area contributed by atoms with Crippen LogP contribution in [0.3, 0.4) is 0 Å². The maximum absolute atomic E-state index is 13.6. The van der Waals surface area contributed by atoms with Gasteiger partial charge >= 0.3 is 5.97 Å². The highest BCUT2D eigenvalue weighted by Crippen LogP contribution is 2.23. The quantitative estimate of drug-likeness (QED) is 0.196. The molecule has 1 heterocycles. The Kier molecular flexibility index (Phi) is 9.83. The van der Waals surface area contributed by atoms with Crippen molar-refractivity contribution < 1.29 is 28.2 Å². The fraction of sp³-hybridized carbons (Fsp3) is 0.179. The van der Waals surface area contributed by atoms with Crippen molar-refractivity contribution in [1.29, 1.82) is 0 Å². The van der Waals surface area contributed by atoms with Gasteiger partial charge in [0.25, 0.3) is 5.91 Å². The van der Waals surface area contributed by atoms with Crippen molar-refractivity contribution in [2.45, 2.75) is 18.6 Å². The van der Waals surface area contributed by atoms with Crippen molar-refractivity contribution >= 4 is 35.2 Å². The summed E-state index contributed by atoms with van der Waals surface area (Å²) in [6.45, 7) is 1.84. The van der Waals surface area contributed by atoms with E-state index in [1.807, 2.05) is 6.07 Å². The number of benzene rings is 3. The van der Waals surface area contributed by atoms with Gasteiger partial charge in [0, 0.05) is 11.4 Å². The van der Waals surface area contributed by atoms with Crippen LogP contribution in [-0.4, -0.2) is 51.5 Å². The Hall–Kier alpha value is -4.71. The summed E-state index contributed by atoms with van der Waals surface area (Å²) in [5.74, 6) is -0.568. The van der Waals surface area contributed by atoms with Gasteiger partial charge in [0.05, 0.1) is 24.5 Å². The van der Waals surface area contributed by atoms with E-state index >= 15 is 0 Å². The van der Waals surface area contributed by atoms with Crippen molar-refractivity contribution in [3.8, 4) is 11.4 Å². The first-order valence-electron chi connectivity index (χ1n) is 12.3. The fourth-order valence-corrected chi connectivity index (χ4v) is 4.25. The zero-order chi connectivity index (χ0) is 28.3. The Labute approximate surface area is 233 Å². The van der Waals surface area contributed by atoms with Crippen LogP contribution in [0.5, 0.6) is 5.75 Å². The van der Waals surface area contributed by atoms with E-state index in [-0.39, 0.29) is 37.3 Å². The van der Waals surface area contributed by atoms with Gasteiger partial charge in [-0.2, -0.15) is 0 Å². The second-order valence-electron chi connectivity index (χ2n) is 8.22. The molecule has 206 valence electrons. The highest BCUT2D eigenvalue weighted by molar-refractivity contribution is 7.99. The lowest BCUT2D eigenvalue weighted by Crippen LogP contribution is -2.29. The number of anilines is 1. The molecule has 12 heteroatoms. The van der Waals surface area contributed by atoms with Gasteiger partial charge in [0.2, 0.25) is 5.91 Å². The number of carbonyl (C=O) groups is 3. The molecule has 0 radical (unpaired) electrons. The predicted octanol–water partition coefficient (Wildman–Crippen LogP) is 4.01. The summed E-state index contributed by atoms with van der Waals surface area (Å²) in [7, 11) is 0. The molecule has 0 fully saturated rings. The first-order chi connectivity index (χ1) is 19.4. The van der Waals surface area contributed by atoms with Crippen LogP contribution in [0.4, 0.5) is 10.1 Å². The van der Waals surface area contributed by atoms with Crippen molar-refractivity contribution in [1.82, 2.24) is 20.1 Å². The number of halogens is 1. The van der Waals surface area contributed by atoms with E-state index in [2.05, 4.69) is 20.8 Å². The summed E-state index contributed by atoms with van der Waals surface area (Å²) in [5.41, 5.74) is 1.46. The lowest BCUT2D eigenvalue weighted by Gasteiger charge is -2.11. The number of aromatic nitrogens is 3.